The number of rotatable bonds is 7. The predicted octanol–water partition coefficient (Wildman–Crippen LogP) is 3.53. The Morgan fingerprint density at radius 1 is 1.28 bits per heavy atom. The lowest BCUT2D eigenvalue weighted by molar-refractivity contribution is -0.385. The highest BCUT2D eigenvalue weighted by Gasteiger charge is 2.23. The highest BCUT2D eigenvalue weighted by molar-refractivity contribution is 9.10. The van der Waals surface area contributed by atoms with Crippen LogP contribution in [0.25, 0.3) is 0 Å². The molecule has 1 aromatic carbocycles. The minimum absolute atomic E-state index is 0.00351. The van der Waals surface area contributed by atoms with Crippen molar-refractivity contribution in [2.24, 2.45) is 0 Å². The molecule has 3 aromatic heterocycles. The van der Waals surface area contributed by atoms with Crippen molar-refractivity contribution in [3.8, 4) is 0 Å². The van der Waals surface area contributed by atoms with Gasteiger partial charge in [-0.15, -0.1) is 0 Å². The van der Waals surface area contributed by atoms with Crippen LogP contribution in [0.5, 0.6) is 0 Å². The van der Waals surface area contributed by atoms with Crippen molar-refractivity contribution < 1.29 is 18.6 Å². The van der Waals surface area contributed by atoms with Crippen LogP contribution in [0.15, 0.2) is 51.9 Å². The van der Waals surface area contributed by atoms with E-state index in [9.17, 15) is 19.3 Å². The quantitative estimate of drug-likeness (QED) is 0.301. The third-order valence-corrected chi connectivity index (χ3v) is 5.17. The summed E-state index contributed by atoms with van der Waals surface area (Å²) < 4.78 is 22.3. The van der Waals surface area contributed by atoms with Crippen LogP contribution in [-0.4, -0.2) is 35.5 Å². The van der Waals surface area contributed by atoms with Crippen LogP contribution >= 0.6 is 15.9 Å². The number of carbonyl (C=O) groups excluding carboxylic acids is 1. The number of nitrogens with zero attached hydrogens (tertiary/aromatic N) is 6. The lowest BCUT2D eigenvalue weighted by Crippen LogP contribution is -2.17. The summed E-state index contributed by atoms with van der Waals surface area (Å²) in [5.74, 6) is -0.355. The van der Waals surface area contributed by atoms with Crippen LogP contribution in [0, 0.1) is 22.9 Å². The zero-order valence-electron chi connectivity index (χ0n) is 16.5. The molecule has 164 valence electrons. The highest BCUT2D eigenvalue weighted by atomic mass is 79.9. The number of hydrogen-bond donors (Lipinski definition) is 1. The maximum Gasteiger partial charge on any atom is 0.307 e. The molecule has 0 aliphatic heterocycles. The summed E-state index contributed by atoms with van der Waals surface area (Å²) in [6.07, 6.45) is 3.97. The van der Waals surface area contributed by atoms with Gasteiger partial charge in [0.2, 0.25) is 0 Å². The number of nitro groups is 1. The molecule has 0 fully saturated rings. The second kappa shape index (κ2) is 8.70. The summed E-state index contributed by atoms with van der Waals surface area (Å²) in [4.78, 5) is 23.1. The van der Waals surface area contributed by atoms with Crippen molar-refractivity contribution in [1.82, 2.24) is 24.7 Å². The fourth-order valence-electron chi connectivity index (χ4n) is 2.98. The average molecular weight is 504 g/mol. The molecule has 0 aliphatic rings. The minimum Gasteiger partial charge on any atom is -0.361 e. The molecule has 13 heteroatoms. The molecule has 0 radical (unpaired) electrons. The first-order valence-corrected chi connectivity index (χ1v) is 10.0. The van der Waals surface area contributed by atoms with E-state index in [1.165, 1.54) is 21.6 Å². The van der Waals surface area contributed by atoms with E-state index >= 15 is 0 Å². The van der Waals surface area contributed by atoms with Gasteiger partial charge < -0.3 is 9.84 Å². The van der Waals surface area contributed by atoms with Gasteiger partial charge in [0.05, 0.1) is 22.5 Å². The minimum atomic E-state index is -0.588. The van der Waals surface area contributed by atoms with Crippen molar-refractivity contribution in [2.75, 3.05) is 5.32 Å². The molecule has 4 aromatic rings. The summed E-state index contributed by atoms with van der Waals surface area (Å²) in [6, 6.07) is 6.33. The molecule has 0 aliphatic carbocycles. The lowest BCUT2D eigenvalue weighted by atomic mass is 10.2. The molecule has 4 rings (SSSR count). The van der Waals surface area contributed by atoms with E-state index in [0.717, 1.165) is 6.20 Å². The SMILES string of the molecule is Cc1onc(C(=O)Nc2nn(Cc3ccccc3F)cc2Br)c1Cn1cc([N+](=O)[O-])cn1. The van der Waals surface area contributed by atoms with Crippen LogP contribution in [0.4, 0.5) is 15.9 Å². The van der Waals surface area contributed by atoms with E-state index in [1.807, 2.05) is 0 Å². The Morgan fingerprint density at radius 2 is 2.06 bits per heavy atom. The van der Waals surface area contributed by atoms with Gasteiger partial charge in [-0.1, -0.05) is 23.4 Å². The average Bonchev–Trinajstić information content (AvgIpc) is 3.45. The highest BCUT2D eigenvalue weighted by Crippen LogP contribution is 2.23. The van der Waals surface area contributed by atoms with Crippen LogP contribution in [0.1, 0.15) is 27.4 Å². The summed E-state index contributed by atoms with van der Waals surface area (Å²) in [5, 5.41) is 25.5. The summed E-state index contributed by atoms with van der Waals surface area (Å²) in [6.45, 7) is 1.85. The van der Waals surface area contributed by atoms with Gasteiger partial charge >= 0.3 is 5.69 Å². The molecule has 3 heterocycles. The van der Waals surface area contributed by atoms with Gasteiger partial charge in [-0.3, -0.25) is 24.3 Å². The number of aromatic nitrogens is 5. The van der Waals surface area contributed by atoms with E-state index in [1.54, 1.807) is 31.3 Å². The zero-order chi connectivity index (χ0) is 22.8. The molecule has 0 atom stereocenters. The number of carbonyl (C=O) groups is 1. The van der Waals surface area contributed by atoms with Crippen molar-refractivity contribution in [1.29, 1.82) is 0 Å². The van der Waals surface area contributed by atoms with E-state index in [2.05, 4.69) is 36.6 Å². The van der Waals surface area contributed by atoms with E-state index in [0.29, 0.717) is 21.4 Å². The first-order chi connectivity index (χ1) is 15.3. The molecule has 1 N–H and O–H groups in total. The Hall–Kier alpha value is -3.87. The number of halogens is 2. The predicted molar refractivity (Wildman–Crippen MR) is 113 cm³/mol. The largest absolute Gasteiger partial charge is 0.361 e. The Morgan fingerprint density at radius 3 is 2.78 bits per heavy atom. The van der Waals surface area contributed by atoms with Gasteiger partial charge in [0, 0.05) is 17.3 Å². The normalized spacial score (nSPS) is 11.0. The third-order valence-electron chi connectivity index (χ3n) is 4.59. The number of hydrogen-bond acceptors (Lipinski definition) is 7. The topological polar surface area (TPSA) is 134 Å². The second-order valence-electron chi connectivity index (χ2n) is 6.79. The van der Waals surface area contributed by atoms with Crippen molar-refractivity contribution in [2.45, 2.75) is 20.0 Å². The molecule has 0 saturated heterocycles. The van der Waals surface area contributed by atoms with Crippen LogP contribution in [0.3, 0.4) is 0 Å². The Labute approximate surface area is 188 Å². The molecule has 0 saturated carbocycles. The zero-order valence-corrected chi connectivity index (χ0v) is 18.1. The number of benzene rings is 1. The van der Waals surface area contributed by atoms with Gasteiger partial charge in [-0.2, -0.15) is 10.2 Å². The molecular formula is C19H15BrFN7O4. The molecule has 0 spiro atoms. The fourth-order valence-corrected chi connectivity index (χ4v) is 3.40. The smallest absolute Gasteiger partial charge is 0.307 e. The Balaban J connectivity index is 1.52. The Bertz CT molecular complexity index is 1310. The van der Waals surface area contributed by atoms with Gasteiger partial charge in [0.25, 0.3) is 5.91 Å². The number of aryl methyl sites for hydroxylation is 1. The summed E-state index contributed by atoms with van der Waals surface area (Å²) >= 11 is 3.33. The van der Waals surface area contributed by atoms with E-state index < -0.39 is 10.8 Å². The summed E-state index contributed by atoms with van der Waals surface area (Å²) in [7, 11) is 0. The van der Waals surface area contributed by atoms with Crippen molar-refractivity contribution in [3.05, 3.63) is 85.8 Å². The second-order valence-corrected chi connectivity index (χ2v) is 7.64. The first kappa shape index (κ1) is 21.4. The molecule has 1 amide bonds. The molecular weight excluding hydrogens is 489 g/mol. The fraction of sp³-hybridized carbons (Fsp3) is 0.158. The number of amides is 1. The maximum absolute atomic E-state index is 13.9. The standard InChI is InChI=1S/C19H15BrFN7O4/c1-11-14(9-26-8-13(6-22-26)28(30)31)17(25-32-11)19(29)23-18-15(20)10-27(24-18)7-12-4-2-3-5-16(12)21/h2-6,8,10H,7,9H2,1H3,(H,23,24,29). The molecule has 0 bridgehead atoms. The molecule has 0 unspecified atom stereocenters. The number of anilines is 1. The van der Waals surface area contributed by atoms with Gasteiger partial charge in [-0.25, -0.2) is 4.39 Å². The van der Waals surface area contributed by atoms with Gasteiger partial charge in [0.15, 0.2) is 11.5 Å². The summed E-state index contributed by atoms with van der Waals surface area (Å²) in [5.41, 5.74) is 0.691. The van der Waals surface area contributed by atoms with Gasteiger partial charge in [0.1, 0.15) is 24.0 Å². The third kappa shape index (κ3) is 4.42. The van der Waals surface area contributed by atoms with Crippen LogP contribution in [0.2, 0.25) is 0 Å². The van der Waals surface area contributed by atoms with Gasteiger partial charge in [-0.05, 0) is 28.9 Å². The van der Waals surface area contributed by atoms with Crippen molar-refractivity contribution in [3.63, 3.8) is 0 Å². The molecule has 11 nitrogen and oxygen atoms in total. The monoisotopic (exact) mass is 503 g/mol. The first-order valence-electron chi connectivity index (χ1n) is 9.21. The van der Waals surface area contributed by atoms with E-state index in [-0.39, 0.29) is 36.1 Å². The van der Waals surface area contributed by atoms with Crippen LogP contribution < -0.4 is 5.32 Å². The lowest BCUT2D eigenvalue weighted by Gasteiger charge is -2.04. The number of nitrogens with one attached hydrogen (secondary N) is 1. The van der Waals surface area contributed by atoms with Crippen molar-refractivity contribution >= 4 is 33.3 Å². The molecule has 32 heavy (non-hydrogen) atoms. The Kier molecular flexibility index (Phi) is 5.81. The maximum atomic E-state index is 13.9. The van der Waals surface area contributed by atoms with Crippen LogP contribution in [-0.2, 0) is 13.1 Å². The van der Waals surface area contributed by atoms with E-state index in [4.69, 9.17) is 4.52 Å².